The van der Waals surface area contributed by atoms with Gasteiger partial charge < -0.3 is 14.8 Å². The number of benzene rings is 1. The number of nitrogens with one attached hydrogen (secondary N) is 1. The van der Waals surface area contributed by atoms with Crippen molar-refractivity contribution in [1.82, 2.24) is 5.32 Å². The van der Waals surface area contributed by atoms with Crippen molar-refractivity contribution < 1.29 is 14.3 Å². The smallest absolute Gasteiger partial charge is 0.220 e. The lowest BCUT2D eigenvalue weighted by molar-refractivity contribution is -0.122. The van der Waals surface area contributed by atoms with Crippen LogP contribution in [-0.2, 0) is 11.2 Å². The van der Waals surface area contributed by atoms with Crippen LogP contribution in [0.15, 0.2) is 53.1 Å². The Morgan fingerprint density at radius 2 is 2.00 bits per heavy atom. The molecule has 1 aromatic heterocycles. The Bertz CT molecular complexity index is 493. The summed E-state index contributed by atoms with van der Waals surface area (Å²) in [4.78, 5) is 11.8. The topological polar surface area (TPSA) is 62.5 Å². The first-order valence-electron chi connectivity index (χ1n) is 6.27. The maximum Gasteiger partial charge on any atom is 0.220 e. The van der Waals surface area contributed by atoms with Crippen LogP contribution in [0.1, 0.15) is 23.8 Å². The first-order chi connectivity index (χ1) is 9.29. The molecule has 100 valence electrons. The maximum absolute atomic E-state index is 11.8. The van der Waals surface area contributed by atoms with Crippen LogP contribution >= 0.6 is 0 Å². The van der Waals surface area contributed by atoms with Gasteiger partial charge in [-0.05, 0) is 24.1 Å². The fourth-order valence-corrected chi connectivity index (χ4v) is 1.87. The van der Waals surface area contributed by atoms with Crippen molar-refractivity contribution in [3.8, 4) is 0 Å². The van der Waals surface area contributed by atoms with E-state index in [1.807, 2.05) is 30.3 Å². The molecular weight excluding hydrogens is 242 g/mol. The van der Waals surface area contributed by atoms with Crippen molar-refractivity contribution >= 4 is 5.91 Å². The average molecular weight is 259 g/mol. The number of hydrogen-bond acceptors (Lipinski definition) is 3. The second-order valence-electron chi connectivity index (χ2n) is 4.30. The summed E-state index contributed by atoms with van der Waals surface area (Å²) in [6.07, 6.45) is 2.60. The lowest BCUT2D eigenvalue weighted by Crippen LogP contribution is -2.30. The van der Waals surface area contributed by atoms with E-state index in [0.29, 0.717) is 18.6 Å². The molecule has 0 aliphatic heterocycles. The van der Waals surface area contributed by atoms with Gasteiger partial charge in [-0.2, -0.15) is 0 Å². The molecule has 0 saturated heterocycles. The third-order valence-corrected chi connectivity index (χ3v) is 2.89. The van der Waals surface area contributed by atoms with Gasteiger partial charge in [-0.25, -0.2) is 0 Å². The van der Waals surface area contributed by atoms with Crippen LogP contribution < -0.4 is 5.32 Å². The number of aliphatic hydroxyl groups excluding tert-OH is 1. The second kappa shape index (κ2) is 6.75. The molecule has 2 N–H and O–H groups in total. The fraction of sp³-hybridized carbons (Fsp3) is 0.267. The molecule has 2 aromatic rings. The Labute approximate surface area is 112 Å². The highest BCUT2D eigenvalue weighted by molar-refractivity contribution is 5.76. The van der Waals surface area contributed by atoms with E-state index in [4.69, 9.17) is 4.42 Å². The molecular formula is C15H17NO3. The molecule has 0 saturated carbocycles. The van der Waals surface area contributed by atoms with Crippen LogP contribution in [0.5, 0.6) is 0 Å². The van der Waals surface area contributed by atoms with E-state index in [0.717, 1.165) is 5.56 Å². The van der Waals surface area contributed by atoms with Crippen molar-refractivity contribution in [2.45, 2.75) is 18.9 Å². The van der Waals surface area contributed by atoms with Gasteiger partial charge in [-0.15, -0.1) is 0 Å². The van der Waals surface area contributed by atoms with Crippen LogP contribution in [0.2, 0.25) is 0 Å². The normalized spacial score (nSPS) is 12.1. The first-order valence-corrected chi connectivity index (χ1v) is 6.27. The summed E-state index contributed by atoms with van der Waals surface area (Å²) in [5, 5.41) is 12.0. The third-order valence-electron chi connectivity index (χ3n) is 2.89. The van der Waals surface area contributed by atoms with E-state index < -0.39 is 6.04 Å². The number of amides is 1. The highest BCUT2D eigenvalue weighted by Crippen LogP contribution is 2.13. The average Bonchev–Trinajstić information content (AvgIpc) is 2.97. The SMILES string of the molecule is O=C(CCc1ccccc1)NC(CO)c1ccco1. The predicted octanol–water partition coefficient (Wildman–Crippen LogP) is 2.06. The molecule has 1 atom stereocenters. The molecule has 2 rings (SSSR count). The van der Waals surface area contributed by atoms with Crippen LogP contribution in [0.25, 0.3) is 0 Å². The first kappa shape index (κ1) is 13.4. The number of furan rings is 1. The zero-order chi connectivity index (χ0) is 13.5. The predicted molar refractivity (Wildman–Crippen MR) is 71.4 cm³/mol. The number of rotatable bonds is 6. The van der Waals surface area contributed by atoms with Crippen LogP contribution in [-0.4, -0.2) is 17.6 Å². The minimum Gasteiger partial charge on any atom is -0.467 e. The number of aryl methyl sites for hydroxylation is 1. The molecule has 0 fully saturated rings. The molecule has 0 spiro atoms. The Balaban J connectivity index is 1.84. The minimum absolute atomic E-state index is 0.0979. The Morgan fingerprint density at radius 1 is 1.21 bits per heavy atom. The lowest BCUT2D eigenvalue weighted by Gasteiger charge is -2.13. The lowest BCUT2D eigenvalue weighted by atomic mass is 10.1. The van der Waals surface area contributed by atoms with Crippen LogP contribution in [0.3, 0.4) is 0 Å². The van der Waals surface area contributed by atoms with Crippen LogP contribution in [0, 0.1) is 0 Å². The van der Waals surface area contributed by atoms with Gasteiger partial charge in [0.25, 0.3) is 0 Å². The molecule has 0 bridgehead atoms. The fourth-order valence-electron chi connectivity index (χ4n) is 1.87. The Hall–Kier alpha value is -2.07. The standard InChI is InChI=1S/C15H17NO3/c17-11-13(14-7-4-10-19-14)16-15(18)9-8-12-5-2-1-3-6-12/h1-7,10,13,17H,8-9,11H2,(H,16,18). The zero-order valence-corrected chi connectivity index (χ0v) is 10.6. The summed E-state index contributed by atoms with van der Waals surface area (Å²) in [6.45, 7) is -0.176. The summed E-state index contributed by atoms with van der Waals surface area (Å²) < 4.78 is 5.18. The van der Waals surface area contributed by atoms with E-state index in [-0.39, 0.29) is 12.5 Å². The molecule has 1 amide bonds. The molecule has 0 radical (unpaired) electrons. The third kappa shape index (κ3) is 3.96. The monoisotopic (exact) mass is 259 g/mol. The number of aliphatic hydroxyl groups is 1. The molecule has 1 unspecified atom stereocenters. The Morgan fingerprint density at radius 3 is 2.63 bits per heavy atom. The number of carbonyl (C=O) groups excluding carboxylic acids is 1. The van der Waals surface area contributed by atoms with E-state index in [2.05, 4.69) is 5.32 Å². The summed E-state index contributed by atoms with van der Waals surface area (Å²) >= 11 is 0. The van der Waals surface area contributed by atoms with E-state index in [1.54, 1.807) is 12.1 Å². The van der Waals surface area contributed by atoms with Crippen molar-refractivity contribution in [3.63, 3.8) is 0 Å². The van der Waals surface area contributed by atoms with Gasteiger partial charge in [-0.1, -0.05) is 30.3 Å². The van der Waals surface area contributed by atoms with Crippen molar-refractivity contribution in [2.75, 3.05) is 6.61 Å². The van der Waals surface area contributed by atoms with E-state index >= 15 is 0 Å². The molecule has 0 aliphatic carbocycles. The molecule has 1 heterocycles. The largest absolute Gasteiger partial charge is 0.467 e. The number of carbonyl (C=O) groups is 1. The Kier molecular flexibility index (Phi) is 4.75. The zero-order valence-electron chi connectivity index (χ0n) is 10.6. The van der Waals surface area contributed by atoms with Gasteiger partial charge >= 0.3 is 0 Å². The van der Waals surface area contributed by atoms with Gasteiger partial charge in [0.15, 0.2) is 0 Å². The van der Waals surface area contributed by atoms with Gasteiger partial charge in [-0.3, -0.25) is 4.79 Å². The minimum atomic E-state index is -0.474. The van der Waals surface area contributed by atoms with E-state index in [1.165, 1.54) is 6.26 Å². The summed E-state index contributed by atoms with van der Waals surface area (Å²) in [7, 11) is 0. The van der Waals surface area contributed by atoms with Crippen molar-refractivity contribution in [3.05, 3.63) is 60.1 Å². The quantitative estimate of drug-likeness (QED) is 0.834. The summed E-state index contributed by atoms with van der Waals surface area (Å²) in [5.41, 5.74) is 1.12. The van der Waals surface area contributed by atoms with E-state index in [9.17, 15) is 9.90 Å². The highest BCUT2D eigenvalue weighted by Gasteiger charge is 2.15. The van der Waals surface area contributed by atoms with Gasteiger partial charge in [0.1, 0.15) is 11.8 Å². The maximum atomic E-state index is 11.8. The summed E-state index contributed by atoms with van der Waals surface area (Å²) in [5.74, 6) is 0.467. The van der Waals surface area contributed by atoms with Gasteiger partial charge in [0, 0.05) is 6.42 Å². The van der Waals surface area contributed by atoms with Crippen molar-refractivity contribution in [1.29, 1.82) is 0 Å². The highest BCUT2D eigenvalue weighted by atomic mass is 16.3. The molecule has 0 aliphatic rings. The molecule has 4 heteroatoms. The van der Waals surface area contributed by atoms with Gasteiger partial charge in [0.2, 0.25) is 5.91 Å². The van der Waals surface area contributed by atoms with Crippen molar-refractivity contribution in [2.24, 2.45) is 0 Å². The second-order valence-corrected chi connectivity index (χ2v) is 4.30. The van der Waals surface area contributed by atoms with Crippen LogP contribution in [0.4, 0.5) is 0 Å². The number of hydrogen-bond donors (Lipinski definition) is 2. The van der Waals surface area contributed by atoms with Gasteiger partial charge in [0.05, 0.1) is 12.9 Å². The molecule has 4 nitrogen and oxygen atoms in total. The molecule has 1 aromatic carbocycles. The summed E-state index contributed by atoms with van der Waals surface area (Å²) in [6, 6.07) is 12.8. The molecule has 19 heavy (non-hydrogen) atoms.